The Morgan fingerprint density at radius 3 is 1.42 bits per heavy atom. The van der Waals surface area contributed by atoms with Crippen LogP contribution in [-0.4, -0.2) is 72.3 Å². The first-order valence-electron chi connectivity index (χ1n) is 6.76. The van der Waals surface area contributed by atoms with E-state index < -0.39 is 30.8 Å². The summed E-state index contributed by atoms with van der Waals surface area (Å²) in [5.74, 6) is 0. The summed E-state index contributed by atoms with van der Waals surface area (Å²) in [6.07, 6.45) is 0.436. The molecular weight excluding hydrogens is 252 g/mol. The van der Waals surface area contributed by atoms with Crippen molar-refractivity contribution >= 4 is 0 Å². The van der Waals surface area contributed by atoms with Crippen LogP contribution in [0.5, 0.6) is 0 Å². The number of aliphatic hydroxyl groups is 4. The molecule has 0 rings (SSSR count). The van der Waals surface area contributed by atoms with Gasteiger partial charge in [0.15, 0.2) is 0 Å². The molecule has 0 aromatic carbocycles. The predicted octanol–water partition coefficient (Wildman–Crippen LogP) is -0.466. The Hall–Kier alpha value is -0.240. The molecule has 19 heavy (non-hydrogen) atoms. The van der Waals surface area contributed by atoms with Crippen molar-refractivity contribution < 1.29 is 29.9 Å². The maximum Gasteiger partial charge on any atom is 0.0813 e. The molecule has 0 aromatic rings. The molecule has 0 aliphatic carbocycles. The SMILES string of the molecule is CCOCCC(O)(CCOCC)C(CO)(CO)CO. The molecule has 6 nitrogen and oxygen atoms in total. The summed E-state index contributed by atoms with van der Waals surface area (Å²) < 4.78 is 10.4. The minimum absolute atomic E-state index is 0.218. The van der Waals surface area contributed by atoms with Crippen LogP contribution < -0.4 is 0 Å². The van der Waals surface area contributed by atoms with Gasteiger partial charge < -0.3 is 29.9 Å². The van der Waals surface area contributed by atoms with Gasteiger partial charge in [0.25, 0.3) is 0 Å². The van der Waals surface area contributed by atoms with Crippen molar-refractivity contribution in [3.8, 4) is 0 Å². The maximum atomic E-state index is 10.7. The number of ether oxygens (including phenoxy) is 2. The molecular formula is C13H28O6. The van der Waals surface area contributed by atoms with Gasteiger partial charge in [0, 0.05) is 39.3 Å². The highest BCUT2D eigenvalue weighted by Gasteiger charge is 2.49. The number of rotatable bonds is 12. The van der Waals surface area contributed by atoms with E-state index in [9.17, 15) is 20.4 Å². The number of aliphatic hydroxyl groups excluding tert-OH is 3. The van der Waals surface area contributed by atoms with Gasteiger partial charge in [0.05, 0.1) is 30.8 Å². The van der Waals surface area contributed by atoms with E-state index in [-0.39, 0.29) is 12.8 Å². The molecule has 0 saturated carbocycles. The third kappa shape index (κ3) is 4.98. The molecule has 0 aliphatic heterocycles. The lowest BCUT2D eigenvalue weighted by Gasteiger charge is -2.44. The van der Waals surface area contributed by atoms with Gasteiger partial charge in [-0.3, -0.25) is 0 Å². The summed E-state index contributed by atoms with van der Waals surface area (Å²) in [6.45, 7) is 3.80. The number of hydrogen-bond donors (Lipinski definition) is 4. The molecule has 4 N–H and O–H groups in total. The fourth-order valence-corrected chi connectivity index (χ4v) is 2.02. The Morgan fingerprint density at radius 1 is 0.789 bits per heavy atom. The van der Waals surface area contributed by atoms with Crippen LogP contribution in [0.15, 0.2) is 0 Å². The van der Waals surface area contributed by atoms with Gasteiger partial charge >= 0.3 is 0 Å². The minimum atomic E-state index is -1.43. The first-order valence-corrected chi connectivity index (χ1v) is 6.76. The Bertz CT molecular complexity index is 199. The average Bonchev–Trinajstić information content (AvgIpc) is 2.42. The highest BCUT2D eigenvalue weighted by atomic mass is 16.5. The van der Waals surface area contributed by atoms with E-state index in [0.29, 0.717) is 26.4 Å². The average molecular weight is 280 g/mol. The van der Waals surface area contributed by atoms with E-state index in [2.05, 4.69) is 0 Å². The first-order chi connectivity index (χ1) is 9.05. The van der Waals surface area contributed by atoms with E-state index in [4.69, 9.17) is 9.47 Å². The topological polar surface area (TPSA) is 99.4 Å². The molecule has 0 radical (unpaired) electrons. The summed E-state index contributed by atoms with van der Waals surface area (Å²) in [7, 11) is 0. The third-order valence-corrected chi connectivity index (χ3v) is 3.62. The molecule has 0 unspecified atom stereocenters. The first kappa shape index (κ1) is 18.8. The minimum Gasteiger partial charge on any atom is -0.395 e. The van der Waals surface area contributed by atoms with Crippen LogP contribution in [0.2, 0.25) is 0 Å². The molecule has 0 amide bonds. The predicted molar refractivity (Wildman–Crippen MR) is 70.9 cm³/mol. The van der Waals surface area contributed by atoms with Crippen LogP contribution in [0.4, 0.5) is 0 Å². The lowest BCUT2D eigenvalue weighted by Crippen LogP contribution is -2.56. The van der Waals surface area contributed by atoms with Gasteiger partial charge in [-0.2, -0.15) is 0 Å². The molecule has 0 bridgehead atoms. The molecule has 6 heteroatoms. The van der Waals surface area contributed by atoms with E-state index in [1.165, 1.54) is 0 Å². The molecule has 0 saturated heterocycles. The zero-order valence-corrected chi connectivity index (χ0v) is 12.0. The third-order valence-electron chi connectivity index (χ3n) is 3.62. The van der Waals surface area contributed by atoms with Crippen LogP contribution >= 0.6 is 0 Å². The molecule has 0 aliphatic rings. The van der Waals surface area contributed by atoms with Crippen molar-refractivity contribution in [2.75, 3.05) is 46.2 Å². The van der Waals surface area contributed by atoms with Crippen LogP contribution in [-0.2, 0) is 9.47 Å². The lowest BCUT2D eigenvalue weighted by molar-refractivity contribution is -0.172. The van der Waals surface area contributed by atoms with Crippen molar-refractivity contribution in [2.45, 2.75) is 32.3 Å². The van der Waals surface area contributed by atoms with Crippen LogP contribution in [0.25, 0.3) is 0 Å². The van der Waals surface area contributed by atoms with Crippen molar-refractivity contribution in [1.29, 1.82) is 0 Å². The van der Waals surface area contributed by atoms with E-state index >= 15 is 0 Å². The summed E-state index contributed by atoms with van der Waals surface area (Å²) >= 11 is 0. The van der Waals surface area contributed by atoms with Gasteiger partial charge in [0.2, 0.25) is 0 Å². The second-order valence-electron chi connectivity index (χ2n) is 4.68. The Kier molecular flexibility index (Phi) is 9.51. The van der Waals surface area contributed by atoms with Crippen LogP contribution in [0.3, 0.4) is 0 Å². The van der Waals surface area contributed by atoms with Gasteiger partial charge in [0.1, 0.15) is 0 Å². The zero-order valence-electron chi connectivity index (χ0n) is 12.0. The quantitative estimate of drug-likeness (QED) is 0.361. The zero-order chi connectivity index (χ0) is 14.8. The summed E-state index contributed by atoms with van der Waals surface area (Å²) in [6, 6.07) is 0. The molecule has 0 aromatic heterocycles. The lowest BCUT2D eigenvalue weighted by atomic mass is 9.70. The second-order valence-corrected chi connectivity index (χ2v) is 4.68. The largest absolute Gasteiger partial charge is 0.395 e. The van der Waals surface area contributed by atoms with E-state index in [1.54, 1.807) is 0 Å². The van der Waals surface area contributed by atoms with Gasteiger partial charge in [-0.05, 0) is 13.8 Å². The second kappa shape index (κ2) is 9.63. The monoisotopic (exact) mass is 280 g/mol. The molecule has 0 spiro atoms. The van der Waals surface area contributed by atoms with Gasteiger partial charge in [-0.25, -0.2) is 0 Å². The van der Waals surface area contributed by atoms with E-state index in [1.807, 2.05) is 13.8 Å². The highest BCUT2D eigenvalue weighted by molar-refractivity contribution is 4.98. The summed E-state index contributed by atoms with van der Waals surface area (Å²) in [5, 5.41) is 39.1. The highest BCUT2D eigenvalue weighted by Crippen LogP contribution is 2.36. The van der Waals surface area contributed by atoms with Crippen molar-refractivity contribution in [3.63, 3.8) is 0 Å². The van der Waals surface area contributed by atoms with Gasteiger partial charge in [-0.1, -0.05) is 0 Å². The molecule has 0 fully saturated rings. The molecule has 0 atom stereocenters. The number of hydrogen-bond acceptors (Lipinski definition) is 6. The van der Waals surface area contributed by atoms with Crippen molar-refractivity contribution in [1.82, 2.24) is 0 Å². The Labute approximate surface area is 115 Å². The van der Waals surface area contributed by atoms with Crippen molar-refractivity contribution in [3.05, 3.63) is 0 Å². The van der Waals surface area contributed by atoms with Gasteiger partial charge in [-0.15, -0.1) is 0 Å². The molecule has 0 heterocycles. The standard InChI is InChI=1S/C13H28O6/c1-3-18-7-5-13(17,6-8-19-4-2)12(9-14,10-15)11-16/h14-17H,3-11H2,1-2H3. The fraction of sp³-hybridized carbons (Fsp3) is 1.00. The summed E-state index contributed by atoms with van der Waals surface area (Å²) in [5.41, 5.74) is -2.79. The van der Waals surface area contributed by atoms with Crippen molar-refractivity contribution in [2.24, 2.45) is 5.41 Å². The summed E-state index contributed by atoms with van der Waals surface area (Å²) in [4.78, 5) is 0. The normalized spacial score (nSPS) is 12.9. The molecule has 116 valence electrons. The van der Waals surface area contributed by atoms with Crippen LogP contribution in [0, 0.1) is 5.41 Å². The van der Waals surface area contributed by atoms with E-state index in [0.717, 1.165) is 0 Å². The smallest absolute Gasteiger partial charge is 0.0813 e. The Balaban J connectivity index is 4.87. The fourth-order valence-electron chi connectivity index (χ4n) is 2.02. The maximum absolute atomic E-state index is 10.7. The van der Waals surface area contributed by atoms with Crippen LogP contribution in [0.1, 0.15) is 26.7 Å². The Morgan fingerprint density at radius 2 is 1.16 bits per heavy atom.